The van der Waals surface area contributed by atoms with E-state index in [1.54, 1.807) is 20.0 Å². The van der Waals surface area contributed by atoms with Crippen molar-refractivity contribution in [3.63, 3.8) is 0 Å². The summed E-state index contributed by atoms with van der Waals surface area (Å²) < 4.78 is 78.9. The lowest BCUT2D eigenvalue weighted by Gasteiger charge is -2.20. The van der Waals surface area contributed by atoms with E-state index in [9.17, 15) is 26.3 Å². The van der Waals surface area contributed by atoms with Gasteiger partial charge in [0.05, 0.1) is 22.9 Å². The van der Waals surface area contributed by atoms with E-state index in [1.165, 1.54) is 11.6 Å². The summed E-state index contributed by atoms with van der Waals surface area (Å²) in [4.78, 5) is 0. The second-order valence-electron chi connectivity index (χ2n) is 5.35. The van der Waals surface area contributed by atoms with Gasteiger partial charge in [-0.1, -0.05) is 19.9 Å². The van der Waals surface area contributed by atoms with Gasteiger partial charge in [-0.05, 0) is 44.0 Å². The van der Waals surface area contributed by atoms with Crippen LogP contribution in [0.4, 0.5) is 26.3 Å². The fraction of sp³-hybridized carbons (Fsp3) is 0.471. The molecule has 1 aromatic carbocycles. The number of halogens is 6. The largest absolute Gasteiger partial charge is 0.416 e. The molecule has 1 atom stereocenters. The molecule has 0 N–H and O–H groups in total. The smallest absolute Gasteiger partial charge is 0.265 e. The fourth-order valence-electron chi connectivity index (χ4n) is 2.26. The molecule has 1 aromatic heterocycles. The Morgan fingerprint density at radius 2 is 1.52 bits per heavy atom. The van der Waals surface area contributed by atoms with Crippen molar-refractivity contribution in [3.8, 4) is 0 Å². The Kier molecular flexibility index (Phi) is 6.31. The van der Waals surface area contributed by atoms with E-state index in [-0.39, 0.29) is 11.6 Å². The predicted octanol–water partition coefficient (Wildman–Crippen LogP) is 6.17. The molecule has 8 heteroatoms. The van der Waals surface area contributed by atoms with Crippen LogP contribution in [0, 0.1) is 13.8 Å². The highest BCUT2D eigenvalue weighted by Crippen LogP contribution is 2.39. The molecular formula is C17H20F6N2. The zero-order valence-corrected chi connectivity index (χ0v) is 14.5. The van der Waals surface area contributed by atoms with Crippen LogP contribution in [0.25, 0.3) is 0 Å². The van der Waals surface area contributed by atoms with Gasteiger partial charge in [0.25, 0.3) is 0 Å². The van der Waals surface area contributed by atoms with Crippen LogP contribution in [-0.2, 0) is 12.4 Å². The van der Waals surface area contributed by atoms with Crippen molar-refractivity contribution < 1.29 is 26.3 Å². The molecule has 0 saturated carbocycles. The first-order valence-corrected chi connectivity index (χ1v) is 7.72. The van der Waals surface area contributed by atoms with E-state index >= 15 is 0 Å². The van der Waals surface area contributed by atoms with Gasteiger partial charge in [-0.2, -0.15) is 31.4 Å². The van der Waals surface area contributed by atoms with Crippen LogP contribution in [0.5, 0.6) is 0 Å². The molecule has 0 saturated heterocycles. The highest BCUT2D eigenvalue weighted by Gasteiger charge is 2.39. The molecule has 0 bridgehead atoms. The molecule has 0 aliphatic rings. The zero-order chi connectivity index (χ0) is 19.6. The van der Waals surface area contributed by atoms with Crippen molar-refractivity contribution in [2.45, 2.75) is 53.0 Å². The minimum atomic E-state index is -4.89. The Balaban J connectivity index is 0.00000151. The maximum atomic E-state index is 13.2. The van der Waals surface area contributed by atoms with E-state index < -0.39 is 29.5 Å². The molecule has 0 radical (unpaired) electrons. The molecule has 1 unspecified atom stereocenters. The average molecular weight is 366 g/mol. The van der Waals surface area contributed by atoms with Crippen LogP contribution in [0.2, 0.25) is 0 Å². The van der Waals surface area contributed by atoms with E-state index in [0.29, 0.717) is 11.8 Å². The molecule has 0 amide bonds. The van der Waals surface area contributed by atoms with Crippen molar-refractivity contribution in [2.75, 3.05) is 0 Å². The maximum absolute atomic E-state index is 13.2. The molecule has 0 aliphatic heterocycles. The van der Waals surface area contributed by atoms with Gasteiger partial charge in [-0.25, -0.2) is 0 Å². The van der Waals surface area contributed by atoms with E-state index in [2.05, 4.69) is 5.10 Å². The summed E-state index contributed by atoms with van der Waals surface area (Å²) in [6.07, 6.45) is -8.15. The summed E-state index contributed by atoms with van der Waals surface area (Å²) in [6.45, 7) is 8.92. The number of hydrogen-bond donors (Lipinski definition) is 0. The first-order chi connectivity index (χ1) is 11.4. The molecule has 2 aromatic rings. The maximum Gasteiger partial charge on any atom is 0.416 e. The van der Waals surface area contributed by atoms with Gasteiger partial charge >= 0.3 is 12.4 Å². The fourth-order valence-corrected chi connectivity index (χ4v) is 2.26. The van der Waals surface area contributed by atoms with Crippen molar-refractivity contribution in [1.82, 2.24) is 9.78 Å². The predicted molar refractivity (Wildman–Crippen MR) is 83.3 cm³/mol. The normalized spacial score (nSPS) is 13.2. The van der Waals surface area contributed by atoms with E-state index in [4.69, 9.17) is 0 Å². The third kappa shape index (κ3) is 4.76. The van der Waals surface area contributed by atoms with Crippen LogP contribution in [0.1, 0.15) is 54.8 Å². The lowest BCUT2D eigenvalue weighted by molar-refractivity contribution is -0.143. The highest BCUT2D eigenvalue weighted by molar-refractivity contribution is 5.37. The second-order valence-corrected chi connectivity index (χ2v) is 5.35. The van der Waals surface area contributed by atoms with Crippen LogP contribution in [0.3, 0.4) is 0 Å². The third-order valence-electron chi connectivity index (χ3n) is 3.70. The lowest BCUT2D eigenvalue weighted by atomic mass is 9.98. The van der Waals surface area contributed by atoms with Gasteiger partial charge in [0, 0.05) is 6.20 Å². The van der Waals surface area contributed by atoms with E-state index in [1.807, 2.05) is 13.8 Å². The monoisotopic (exact) mass is 366 g/mol. The zero-order valence-electron chi connectivity index (χ0n) is 14.5. The second kappa shape index (κ2) is 7.49. The van der Waals surface area contributed by atoms with Gasteiger partial charge in [0.15, 0.2) is 0 Å². The molecule has 1 heterocycles. The summed E-state index contributed by atoms with van der Waals surface area (Å²) in [5.41, 5.74) is -1.44. The lowest BCUT2D eigenvalue weighted by Crippen LogP contribution is -2.17. The van der Waals surface area contributed by atoms with Gasteiger partial charge < -0.3 is 0 Å². The average Bonchev–Trinajstić information content (AvgIpc) is 2.85. The van der Waals surface area contributed by atoms with Crippen molar-refractivity contribution in [2.24, 2.45) is 0 Å². The summed E-state index contributed by atoms with van der Waals surface area (Å²) in [5.74, 6) is 0. The minimum absolute atomic E-state index is 0.148. The van der Waals surface area contributed by atoms with Crippen LogP contribution < -0.4 is 0 Å². The van der Waals surface area contributed by atoms with Crippen molar-refractivity contribution in [3.05, 3.63) is 52.3 Å². The van der Waals surface area contributed by atoms with Gasteiger partial charge in [0.1, 0.15) is 0 Å². The number of rotatable bonds is 2. The summed E-state index contributed by atoms with van der Waals surface area (Å²) in [5, 5.41) is 4.11. The Bertz CT molecular complexity index is 693. The standard InChI is InChI=1S/C15H14F6N2.C2H6/c1-8-7-23(22-9(8)2)10(3)12-5-4-11(14(16,17)18)6-13(12)15(19,20)21;1-2/h4-7,10H,1-3H3;1-2H3. The molecule has 0 spiro atoms. The Morgan fingerprint density at radius 1 is 0.960 bits per heavy atom. The highest BCUT2D eigenvalue weighted by atomic mass is 19.4. The third-order valence-corrected chi connectivity index (χ3v) is 3.70. The quantitative estimate of drug-likeness (QED) is 0.581. The molecule has 2 nitrogen and oxygen atoms in total. The SMILES string of the molecule is CC.Cc1cn(C(C)c2ccc(C(F)(F)F)cc2C(F)(F)F)nc1C. The van der Waals surface area contributed by atoms with Crippen LogP contribution in [-0.4, -0.2) is 9.78 Å². The topological polar surface area (TPSA) is 17.8 Å². The summed E-state index contributed by atoms with van der Waals surface area (Å²) in [6, 6.07) is 0.823. The molecule has 25 heavy (non-hydrogen) atoms. The molecule has 0 fully saturated rings. The molecular weight excluding hydrogens is 346 g/mol. The van der Waals surface area contributed by atoms with E-state index in [0.717, 1.165) is 11.6 Å². The van der Waals surface area contributed by atoms with Gasteiger partial charge in [-0.3, -0.25) is 4.68 Å². The van der Waals surface area contributed by atoms with Crippen LogP contribution >= 0.6 is 0 Å². The number of alkyl halides is 6. The number of aryl methyl sites for hydroxylation is 2. The Labute approximate surface area is 142 Å². The Morgan fingerprint density at radius 3 is 1.92 bits per heavy atom. The van der Waals surface area contributed by atoms with Gasteiger partial charge in [-0.15, -0.1) is 0 Å². The first-order valence-electron chi connectivity index (χ1n) is 7.72. The van der Waals surface area contributed by atoms with Crippen molar-refractivity contribution >= 4 is 0 Å². The summed E-state index contributed by atoms with van der Waals surface area (Å²) >= 11 is 0. The number of benzene rings is 1. The molecule has 0 aliphatic carbocycles. The molecule has 2 rings (SSSR count). The number of hydrogen-bond acceptors (Lipinski definition) is 1. The first kappa shape index (κ1) is 21.1. The van der Waals surface area contributed by atoms with Crippen molar-refractivity contribution in [1.29, 1.82) is 0 Å². The van der Waals surface area contributed by atoms with Crippen LogP contribution in [0.15, 0.2) is 24.4 Å². The number of aromatic nitrogens is 2. The number of nitrogens with zero attached hydrogens (tertiary/aromatic N) is 2. The minimum Gasteiger partial charge on any atom is -0.265 e. The molecule has 140 valence electrons. The Hall–Kier alpha value is -1.99. The summed E-state index contributed by atoms with van der Waals surface area (Å²) in [7, 11) is 0. The van der Waals surface area contributed by atoms with Gasteiger partial charge in [0.2, 0.25) is 0 Å².